The lowest BCUT2D eigenvalue weighted by Crippen LogP contribution is -2.52. The molecule has 0 saturated carbocycles. The Kier molecular flexibility index (Phi) is 4.33. The van der Waals surface area contributed by atoms with Gasteiger partial charge in [0.05, 0.1) is 5.02 Å². The molecule has 2 amide bonds. The highest BCUT2D eigenvalue weighted by molar-refractivity contribution is 7.89. The summed E-state index contributed by atoms with van der Waals surface area (Å²) in [6, 6.07) is 2.93. The number of benzene rings is 1. The average Bonchev–Trinajstić information content (AvgIpc) is 2.32. The van der Waals surface area contributed by atoms with Gasteiger partial charge in [-0.25, -0.2) is 8.42 Å². The minimum absolute atomic E-state index is 0.0442. The normalized spacial score (nSPS) is 19.8. The molecule has 1 aliphatic rings. The quantitative estimate of drug-likeness (QED) is 0.807. The van der Waals surface area contributed by atoms with Gasteiger partial charge < -0.3 is 0 Å². The van der Waals surface area contributed by atoms with Crippen molar-refractivity contribution in [3.05, 3.63) is 28.2 Å². The van der Waals surface area contributed by atoms with E-state index in [9.17, 15) is 18.0 Å². The van der Waals surface area contributed by atoms with Gasteiger partial charge in [-0.15, -0.1) is 0 Å². The average molecular weight is 337 g/mol. The molecular weight excluding hydrogens is 327 g/mol. The maximum atomic E-state index is 12.2. The van der Waals surface area contributed by atoms with E-state index in [1.54, 1.807) is 0 Å². The SMILES string of the molecule is O=C1CCC(NS(=O)(=O)c2ccc(Cl)cc2Cl)C(=O)N1. The van der Waals surface area contributed by atoms with Crippen LogP contribution >= 0.6 is 23.2 Å². The molecule has 0 aromatic heterocycles. The molecular formula is C11H10Cl2N2O4S. The number of sulfonamides is 1. The molecule has 1 fully saturated rings. The van der Waals surface area contributed by atoms with Crippen LogP contribution in [0.25, 0.3) is 0 Å². The van der Waals surface area contributed by atoms with Gasteiger partial charge in [-0.3, -0.25) is 14.9 Å². The van der Waals surface area contributed by atoms with Crippen molar-refractivity contribution in [3.63, 3.8) is 0 Å². The lowest BCUT2D eigenvalue weighted by Gasteiger charge is -2.21. The topological polar surface area (TPSA) is 92.3 Å². The predicted molar refractivity (Wildman–Crippen MR) is 73.0 cm³/mol. The molecule has 0 spiro atoms. The van der Waals surface area contributed by atoms with Gasteiger partial charge in [0.25, 0.3) is 0 Å². The Balaban J connectivity index is 2.23. The molecule has 0 radical (unpaired) electrons. The van der Waals surface area contributed by atoms with Crippen LogP contribution in [0.1, 0.15) is 12.8 Å². The summed E-state index contributed by atoms with van der Waals surface area (Å²) in [4.78, 5) is 22.4. The summed E-state index contributed by atoms with van der Waals surface area (Å²) in [5, 5.41) is 2.32. The summed E-state index contributed by atoms with van der Waals surface area (Å²) in [6.45, 7) is 0. The van der Waals surface area contributed by atoms with Crippen LogP contribution in [0, 0.1) is 0 Å². The van der Waals surface area contributed by atoms with Crippen molar-refractivity contribution in [2.75, 3.05) is 0 Å². The molecule has 20 heavy (non-hydrogen) atoms. The third kappa shape index (κ3) is 3.29. The molecule has 2 N–H and O–H groups in total. The first-order chi connectivity index (χ1) is 9.29. The number of rotatable bonds is 3. The fraction of sp³-hybridized carbons (Fsp3) is 0.273. The zero-order valence-corrected chi connectivity index (χ0v) is 12.3. The molecule has 1 heterocycles. The second kappa shape index (κ2) is 5.69. The zero-order valence-electron chi connectivity index (χ0n) is 10.0. The molecule has 108 valence electrons. The molecule has 1 atom stereocenters. The Hall–Kier alpha value is -1.15. The van der Waals surface area contributed by atoms with Crippen LogP contribution in [0.3, 0.4) is 0 Å². The van der Waals surface area contributed by atoms with Crippen molar-refractivity contribution in [2.45, 2.75) is 23.8 Å². The van der Waals surface area contributed by atoms with Crippen LogP contribution in [0.4, 0.5) is 0 Å². The van der Waals surface area contributed by atoms with E-state index in [4.69, 9.17) is 23.2 Å². The van der Waals surface area contributed by atoms with Crippen molar-refractivity contribution in [1.82, 2.24) is 10.0 Å². The molecule has 1 unspecified atom stereocenters. The van der Waals surface area contributed by atoms with E-state index < -0.39 is 27.9 Å². The van der Waals surface area contributed by atoms with E-state index in [2.05, 4.69) is 10.0 Å². The smallest absolute Gasteiger partial charge is 0.244 e. The Labute approximate surface area is 125 Å². The number of carbonyl (C=O) groups excluding carboxylic acids is 2. The lowest BCUT2D eigenvalue weighted by atomic mass is 10.1. The van der Waals surface area contributed by atoms with Crippen molar-refractivity contribution in [3.8, 4) is 0 Å². The fourth-order valence-corrected chi connectivity index (χ4v) is 3.75. The van der Waals surface area contributed by atoms with Crippen LogP contribution in [-0.4, -0.2) is 26.3 Å². The van der Waals surface area contributed by atoms with Crippen LogP contribution in [-0.2, 0) is 19.6 Å². The van der Waals surface area contributed by atoms with Crippen LogP contribution in [0.2, 0.25) is 10.0 Å². The maximum absolute atomic E-state index is 12.2. The first-order valence-electron chi connectivity index (χ1n) is 5.60. The van der Waals surface area contributed by atoms with Crippen LogP contribution in [0.15, 0.2) is 23.1 Å². The lowest BCUT2D eigenvalue weighted by molar-refractivity contribution is -0.134. The van der Waals surface area contributed by atoms with Crippen molar-refractivity contribution in [1.29, 1.82) is 0 Å². The van der Waals surface area contributed by atoms with E-state index in [1.807, 2.05) is 0 Å². The highest BCUT2D eigenvalue weighted by atomic mass is 35.5. The molecule has 2 rings (SSSR count). The van der Waals surface area contributed by atoms with Gasteiger partial charge in [-0.2, -0.15) is 4.72 Å². The zero-order chi connectivity index (χ0) is 14.9. The van der Waals surface area contributed by atoms with Gasteiger partial charge in [-0.1, -0.05) is 23.2 Å². The standard InChI is InChI=1S/C11H10Cl2N2O4S/c12-6-1-3-9(7(13)5-6)20(18,19)15-8-2-4-10(16)14-11(8)17/h1,3,5,8,15H,2,4H2,(H,14,16,17). The first-order valence-corrected chi connectivity index (χ1v) is 7.84. The fourth-order valence-electron chi connectivity index (χ4n) is 1.75. The van der Waals surface area contributed by atoms with Crippen LogP contribution in [0.5, 0.6) is 0 Å². The number of amides is 2. The third-order valence-electron chi connectivity index (χ3n) is 2.72. The maximum Gasteiger partial charge on any atom is 0.244 e. The molecule has 1 saturated heterocycles. The summed E-state index contributed by atoms with van der Waals surface area (Å²) >= 11 is 11.5. The number of nitrogens with one attached hydrogen (secondary N) is 2. The van der Waals surface area contributed by atoms with Gasteiger partial charge in [0, 0.05) is 11.4 Å². The molecule has 9 heteroatoms. The van der Waals surface area contributed by atoms with Gasteiger partial charge in [0.1, 0.15) is 10.9 Å². The van der Waals surface area contributed by atoms with Gasteiger partial charge in [0.15, 0.2) is 0 Å². The van der Waals surface area contributed by atoms with Gasteiger partial charge in [-0.05, 0) is 24.6 Å². The van der Waals surface area contributed by atoms with E-state index in [1.165, 1.54) is 18.2 Å². The Morgan fingerprint density at radius 1 is 1.25 bits per heavy atom. The molecule has 1 aromatic rings. The highest BCUT2D eigenvalue weighted by Gasteiger charge is 2.31. The molecule has 1 aromatic carbocycles. The Morgan fingerprint density at radius 3 is 2.55 bits per heavy atom. The number of hydrogen-bond acceptors (Lipinski definition) is 4. The molecule has 6 nitrogen and oxygen atoms in total. The predicted octanol–water partition coefficient (Wildman–Crippen LogP) is 1.08. The largest absolute Gasteiger partial charge is 0.295 e. The number of piperidine rings is 1. The van der Waals surface area contributed by atoms with E-state index in [0.717, 1.165) is 0 Å². The van der Waals surface area contributed by atoms with Crippen molar-refractivity contribution >= 4 is 45.0 Å². The summed E-state index contributed by atoms with van der Waals surface area (Å²) in [7, 11) is -3.97. The van der Waals surface area contributed by atoms with E-state index in [-0.39, 0.29) is 22.8 Å². The monoisotopic (exact) mass is 336 g/mol. The summed E-state index contributed by atoms with van der Waals surface area (Å²) in [6.07, 6.45) is 0.183. The highest BCUT2D eigenvalue weighted by Crippen LogP contribution is 2.25. The summed E-state index contributed by atoms with van der Waals surface area (Å²) < 4.78 is 26.5. The minimum atomic E-state index is -3.97. The summed E-state index contributed by atoms with van der Waals surface area (Å²) in [5.41, 5.74) is 0. The number of imide groups is 1. The van der Waals surface area contributed by atoms with Gasteiger partial charge >= 0.3 is 0 Å². The second-order valence-electron chi connectivity index (χ2n) is 4.20. The van der Waals surface area contributed by atoms with Crippen molar-refractivity contribution in [2.24, 2.45) is 0 Å². The second-order valence-corrected chi connectivity index (χ2v) is 6.73. The van der Waals surface area contributed by atoms with Crippen LogP contribution < -0.4 is 10.0 Å². The van der Waals surface area contributed by atoms with E-state index >= 15 is 0 Å². The molecule has 1 aliphatic heterocycles. The van der Waals surface area contributed by atoms with E-state index in [0.29, 0.717) is 5.02 Å². The minimum Gasteiger partial charge on any atom is -0.295 e. The molecule has 0 bridgehead atoms. The summed E-state index contributed by atoms with van der Waals surface area (Å²) in [5.74, 6) is -1.09. The number of carbonyl (C=O) groups is 2. The first kappa shape index (κ1) is 15.2. The van der Waals surface area contributed by atoms with Crippen molar-refractivity contribution < 1.29 is 18.0 Å². The number of hydrogen-bond donors (Lipinski definition) is 2. The Bertz CT molecular complexity index is 675. The number of halogens is 2. The molecule has 0 aliphatic carbocycles. The third-order valence-corrected chi connectivity index (χ3v) is 4.91. The Morgan fingerprint density at radius 2 is 1.95 bits per heavy atom. The van der Waals surface area contributed by atoms with Gasteiger partial charge in [0.2, 0.25) is 21.8 Å².